The number of rotatable bonds is 5. The minimum Gasteiger partial charge on any atom is -0.382 e. The van der Waals surface area contributed by atoms with Crippen LogP contribution in [0.5, 0.6) is 0 Å². The van der Waals surface area contributed by atoms with Crippen molar-refractivity contribution in [3.63, 3.8) is 0 Å². The molecule has 2 aliphatic rings. The molecular formula is C19H23N3O2S. The standard InChI is InChI=1S/C19H23N3O2S/c1-3-24-10-6-9-21-18(23)16-11-14-13-7-4-5-8-15(13)20-17(14)12(2)22(16)19(21)25/h4-5,7-8,12,16,20H,3,6,9-11H2,1-2H3/t12-,16-/m0/s1. The lowest BCUT2D eigenvalue weighted by Gasteiger charge is -2.35. The molecule has 2 aliphatic heterocycles. The molecule has 132 valence electrons. The molecular weight excluding hydrogens is 334 g/mol. The monoisotopic (exact) mass is 357 g/mol. The van der Waals surface area contributed by atoms with Crippen molar-refractivity contribution in [2.24, 2.45) is 0 Å². The molecule has 5 nitrogen and oxygen atoms in total. The van der Waals surface area contributed by atoms with Gasteiger partial charge in [-0.3, -0.25) is 9.69 Å². The molecule has 1 fully saturated rings. The highest BCUT2D eigenvalue weighted by Gasteiger charge is 2.48. The number of amides is 1. The third-order valence-corrected chi connectivity index (χ3v) is 5.72. The zero-order valence-electron chi connectivity index (χ0n) is 14.6. The average Bonchev–Trinajstić information content (AvgIpc) is 3.10. The number of hydrogen-bond donors (Lipinski definition) is 1. The van der Waals surface area contributed by atoms with Crippen LogP contribution in [0.1, 0.15) is 37.6 Å². The zero-order valence-corrected chi connectivity index (χ0v) is 15.4. The van der Waals surface area contributed by atoms with Crippen molar-refractivity contribution in [3.8, 4) is 0 Å². The second-order valence-electron chi connectivity index (χ2n) is 6.69. The Balaban J connectivity index is 1.62. The summed E-state index contributed by atoms with van der Waals surface area (Å²) in [6.45, 7) is 6.10. The van der Waals surface area contributed by atoms with Gasteiger partial charge < -0.3 is 14.6 Å². The van der Waals surface area contributed by atoms with Crippen LogP contribution in [-0.2, 0) is 16.0 Å². The number of hydrogen-bond acceptors (Lipinski definition) is 3. The van der Waals surface area contributed by atoms with Crippen LogP contribution in [0.2, 0.25) is 0 Å². The first-order valence-electron chi connectivity index (χ1n) is 8.94. The van der Waals surface area contributed by atoms with Crippen molar-refractivity contribution in [2.75, 3.05) is 19.8 Å². The van der Waals surface area contributed by atoms with E-state index in [1.165, 1.54) is 16.6 Å². The Morgan fingerprint density at radius 2 is 2.16 bits per heavy atom. The highest BCUT2D eigenvalue weighted by Crippen LogP contribution is 2.40. The van der Waals surface area contributed by atoms with Gasteiger partial charge in [0.1, 0.15) is 6.04 Å². The summed E-state index contributed by atoms with van der Waals surface area (Å²) in [5.41, 5.74) is 3.58. The lowest BCUT2D eigenvalue weighted by molar-refractivity contribution is -0.128. The van der Waals surface area contributed by atoms with E-state index >= 15 is 0 Å². The van der Waals surface area contributed by atoms with Crippen molar-refractivity contribution >= 4 is 34.1 Å². The van der Waals surface area contributed by atoms with E-state index in [1.807, 2.05) is 13.0 Å². The lowest BCUT2D eigenvalue weighted by Crippen LogP contribution is -2.42. The summed E-state index contributed by atoms with van der Waals surface area (Å²) in [7, 11) is 0. The predicted octanol–water partition coefficient (Wildman–Crippen LogP) is 3.01. The van der Waals surface area contributed by atoms with E-state index < -0.39 is 0 Å². The Hall–Kier alpha value is -1.92. The Morgan fingerprint density at radius 3 is 2.96 bits per heavy atom. The van der Waals surface area contributed by atoms with Crippen LogP contribution in [0.15, 0.2) is 24.3 Å². The minimum atomic E-state index is -0.179. The number of fused-ring (bicyclic) bond motifs is 4. The van der Waals surface area contributed by atoms with E-state index in [4.69, 9.17) is 17.0 Å². The molecule has 1 aromatic heterocycles. The molecule has 1 amide bonds. The summed E-state index contributed by atoms with van der Waals surface area (Å²) < 4.78 is 5.39. The Bertz CT molecular complexity index is 831. The molecule has 0 bridgehead atoms. The first-order chi connectivity index (χ1) is 12.1. The molecule has 0 spiro atoms. The van der Waals surface area contributed by atoms with Gasteiger partial charge in [-0.25, -0.2) is 0 Å². The van der Waals surface area contributed by atoms with E-state index in [1.54, 1.807) is 4.90 Å². The molecule has 25 heavy (non-hydrogen) atoms. The highest BCUT2D eigenvalue weighted by atomic mass is 32.1. The largest absolute Gasteiger partial charge is 0.382 e. The lowest BCUT2D eigenvalue weighted by atomic mass is 9.93. The second kappa shape index (κ2) is 6.42. The SMILES string of the molecule is CCOCCCN1C(=O)[C@@H]2Cc3c([nH]c4ccccc34)[C@H](C)N2C1=S. The topological polar surface area (TPSA) is 48.6 Å². The molecule has 1 N–H and O–H groups in total. The van der Waals surface area contributed by atoms with Gasteiger partial charge in [0.25, 0.3) is 5.91 Å². The molecule has 2 atom stereocenters. The molecule has 0 aliphatic carbocycles. The van der Waals surface area contributed by atoms with Gasteiger partial charge in [-0.05, 0) is 44.1 Å². The van der Waals surface area contributed by atoms with Crippen LogP contribution < -0.4 is 0 Å². The van der Waals surface area contributed by atoms with E-state index in [2.05, 4.69) is 35.0 Å². The zero-order chi connectivity index (χ0) is 17.6. The third kappa shape index (κ3) is 2.55. The van der Waals surface area contributed by atoms with E-state index in [0.717, 1.165) is 11.9 Å². The number of benzene rings is 1. The number of carbonyl (C=O) groups is 1. The number of thiocarbonyl (C=S) groups is 1. The van der Waals surface area contributed by atoms with E-state index in [0.29, 0.717) is 31.3 Å². The van der Waals surface area contributed by atoms with Gasteiger partial charge in [0.2, 0.25) is 0 Å². The number of ether oxygens (including phenoxy) is 1. The molecule has 1 aromatic carbocycles. The summed E-state index contributed by atoms with van der Waals surface area (Å²) in [4.78, 5) is 20.4. The number of aromatic amines is 1. The molecule has 2 aromatic rings. The first-order valence-corrected chi connectivity index (χ1v) is 9.35. The van der Waals surface area contributed by atoms with Gasteiger partial charge in [0.05, 0.1) is 6.04 Å². The molecule has 4 rings (SSSR count). The summed E-state index contributed by atoms with van der Waals surface area (Å²) in [5.74, 6) is 0.129. The van der Waals surface area contributed by atoms with Crippen LogP contribution in [0.4, 0.5) is 0 Å². The molecule has 0 radical (unpaired) electrons. The maximum Gasteiger partial charge on any atom is 0.251 e. The Labute approximate surface area is 152 Å². The first kappa shape index (κ1) is 16.5. The van der Waals surface area contributed by atoms with Crippen LogP contribution >= 0.6 is 12.2 Å². The van der Waals surface area contributed by atoms with Crippen LogP contribution in [-0.4, -0.2) is 51.6 Å². The summed E-state index contributed by atoms with van der Waals surface area (Å²) in [5, 5.41) is 1.88. The van der Waals surface area contributed by atoms with Crippen LogP contribution in [0.25, 0.3) is 10.9 Å². The fourth-order valence-electron chi connectivity index (χ4n) is 4.09. The van der Waals surface area contributed by atoms with E-state index in [9.17, 15) is 4.79 Å². The summed E-state index contributed by atoms with van der Waals surface area (Å²) in [6, 6.07) is 8.20. The van der Waals surface area contributed by atoms with Gasteiger partial charge in [-0.15, -0.1) is 0 Å². The number of nitrogens with zero attached hydrogens (tertiary/aromatic N) is 2. The van der Waals surface area contributed by atoms with Crippen molar-refractivity contribution < 1.29 is 9.53 Å². The number of carbonyl (C=O) groups excluding carboxylic acids is 1. The second-order valence-corrected chi connectivity index (χ2v) is 7.05. The Morgan fingerprint density at radius 1 is 1.36 bits per heavy atom. The van der Waals surface area contributed by atoms with Crippen molar-refractivity contribution in [3.05, 3.63) is 35.5 Å². The van der Waals surface area contributed by atoms with Gasteiger partial charge in [0, 0.05) is 42.8 Å². The van der Waals surface area contributed by atoms with Crippen molar-refractivity contribution in [1.29, 1.82) is 0 Å². The molecule has 1 saturated heterocycles. The molecule has 3 heterocycles. The highest BCUT2D eigenvalue weighted by molar-refractivity contribution is 7.80. The molecule has 0 saturated carbocycles. The fourth-order valence-corrected chi connectivity index (χ4v) is 4.56. The van der Waals surface area contributed by atoms with Crippen molar-refractivity contribution in [2.45, 2.75) is 38.8 Å². The normalized spacial score (nSPS) is 22.6. The summed E-state index contributed by atoms with van der Waals surface area (Å²) >= 11 is 5.66. The van der Waals surface area contributed by atoms with Gasteiger partial charge >= 0.3 is 0 Å². The maximum absolute atomic E-state index is 13.0. The van der Waals surface area contributed by atoms with Crippen molar-refractivity contribution in [1.82, 2.24) is 14.8 Å². The number of aromatic nitrogens is 1. The number of para-hydroxylation sites is 1. The smallest absolute Gasteiger partial charge is 0.251 e. The average molecular weight is 357 g/mol. The molecule has 6 heteroatoms. The predicted molar refractivity (Wildman–Crippen MR) is 101 cm³/mol. The van der Waals surface area contributed by atoms with Crippen LogP contribution in [0, 0.1) is 0 Å². The van der Waals surface area contributed by atoms with Gasteiger partial charge in [-0.1, -0.05) is 18.2 Å². The number of H-pyrrole nitrogens is 1. The van der Waals surface area contributed by atoms with E-state index in [-0.39, 0.29) is 18.0 Å². The molecule has 0 unspecified atom stereocenters. The quantitative estimate of drug-likeness (QED) is 0.660. The maximum atomic E-state index is 13.0. The summed E-state index contributed by atoms with van der Waals surface area (Å²) in [6.07, 6.45) is 1.52. The van der Waals surface area contributed by atoms with Gasteiger partial charge in [0.15, 0.2) is 5.11 Å². The van der Waals surface area contributed by atoms with Gasteiger partial charge in [-0.2, -0.15) is 0 Å². The fraction of sp³-hybridized carbons (Fsp3) is 0.474. The number of nitrogens with one attached hydrogen (secondary N) is 1. The minimum absolute atomic E-state index is 0.0782. The van der Waals surface area contributed by atoms with Crippen LogP contribution in [0.3, 0.4) is 0 Å². The third-order valence-electron chi connectivity index (χ3n) is 5.29. The Kier molecular flexibility index (Phi) is 4.25.